The lowest BCUT2D eigenvalue weighted by atomic mass is 10.1. The number of alkyl halides is 3. The standard InChI is InChI=1S/C10H11F3N2O4/c1-18-8(16)6(9(17)19-2)7-14-4-3-5-15(7)10(11,12)13/h3-7H,1-2H3. The summed E-state index contributed by atoms with van der Waals surface area (Å²) < 4.78 is 47.0. The van der Waals surface area contributed by atoms with Gasteiger partial charge in [0.1, 0.15) is 0 Å². The van der Waals surface area contributed by atoms with Crippen molar-refractivity contribution in [2.45, 2.75) is 12.5 Å². The lowest BCUT2D eigenvalue weighted by Gasteiger charge is -2.33. The van der Waals surface area contributed by atoms with Crippen molar-refractivity contribution in [3.8, 4) is 0 Å². The molecule has 0 N–H and O–H groups in total. The van der Waals surface area contributed by atoms with Crippen LogP contribution in [0.1, 0.15) is 0 Å². The van der Waals surface area contributed by atoms with Gasteiger partial charge in [0.05, 0.1) is 14.2 Å². The predicted octanol–water partition coefficient (Wildman–Crippen LogP) is 0.695. The summed E-state index contributed by atoms with van der Waals surface area (Å²) in [6, 6.07) is 0. The number of nitrogens with zero attached hydrogens (tertiary/aromatic N) is 2. The zero-order valence-electron chi connectivity index (χ0n) is 10.0. The number of halogens is 3. The molecule has 1 aliphatic rings. The summed E-state index contributed by atoms with van der Waals surface area (Å²) in [6.45, 7) is 0. The number of aliphatic imine (C=N–C) groups is 1. The Balaban J connectivity index is 3.12. The number of ether oxygens (including phenoxy) is 2. The van der Waals surface area contributed by atoms with E-state index in [1.54, 1.807) is 0 Å². The fourth-order valence-corrected chi connectivity index (χ4v) is 1.50. The van der Waals surface area contributed by atoms with E-state index >= 15 is 0 Å². The van der Waals surface area contributed by atoms with Crippen molar-refractivity contribution in [3.63, 3.8) is 0 Å². The first-order valence-electron chi connectivity index (χ1n) is 5.03. The summed E-state index contributed by atoms with van der Waals surface area (Å²) in [5.41, 5.74) is 0. The summed E-state index contributed by atoms with van der Waals surface area (Å²) in [7, 11) is 1.91. The highest BCUT2D eigenvalue weighted by Gasteiger charge is 2.49. The van der Waals surface area contributed by atoms with Crippen LogP contribution in [0.15, 0.2) is 17.3 Å². The molecule has 0 radical (unpaired) electrons. The number of hydrogen-bond acceptors (Lipinski definition) is 6. The monoisotopic (exact) mass is 280 g/mol. The van der Waals surface area contributed by atoms with Gasteiger partial charge in [0.15, 0.2) is 12.1 Å². The van der Waals surface area contributed by atoms with Crippen LogP contribution in [0.2, 0.25) is 0 Å². The molecule has 106 valence electrons. The summed E-state index contributed by atoms with van der Waals surface area (Å²) in [6.07, 6.45) is -3.80. The van der Waals surface area contributed by atoms with Crippen molar-refractivity contribution in [1.29, 1.82) is 0 Å². The van der Waals surface area contributed by atoms with Crippen LogP contribution in [0.3, 0.4) is 0 Å². The van der Waals surface area contributed by atoms with Crippen LogP contribution in [0.5, 0.6) is 0 Å². The van der Waals surface area contributed by atoms with Crippen LogP contribution < -0.4 is 0 Å². The van der Waals surface area contributed by atoms with E-state index in [2.05, 4.69) is 14.5 Å². The Bertz CT molecular complexity index is 403. The third-order valence-corrected chi connectivity index (χ3v) is 2.36. The highest BCUT2D eigenvalue weighted by Crippen LogP contribution is 2.30. The first kappa shape index (κ1) is 15.0. The van der Waals surface area contributed by atoms with Crippen LogP contribution in [-0.4, -0.2) is 49.7 Å². The summed E-state index contributed by atoms with van der Waals surface area (Å²) in [5, 5.41) is 0. The van der Waals surface area contributed by atoms with Crippen molar-refractivity contribution >= 4 is 18.2 Å². The molecular weight excluding hydrogens is 269 g/mol. The van der Waals surface area contributed by atoms with Gasteiger partial charge in [-0.2, -0.15) is 13.2 Å². The lowest BCUT2D eigenvalue weighted by Crippen LogP contribution is -2.50. The molecule has 1 atom stereocenters. The molecular formula is C10H11F3N2O4. The van der Waals surface area contributed by atoms with E-state index in [1.807, 2.05) is 0 Å². The van der Waals surface area contributed by atoms with Gasteiger partial charge in [0, 0.05) is 12.4 Å². The Hall–Kier alpha value is -2.06. The number of rotatable bonds is 3. The van der Waals surface area contributed by atoms with Gasteiger partial charge in [-0.25, -0.2) is 0 Å². The van der Waals surface area contributed by atoms with E-state index in [9.17, 15) is 22.8 Å². The van der Waals surface area contributed by atoms with E-state index in [0.29, 0.717) is 6.20 Å². The Morgan fingerprint density at radius 1 is 1.26 bits per heavy atom. The van der Waals surface area contributed by atoms with E-state index in [1.165, 1.54) is 0 Å². The van der Waals surface area contributed by atoms with Crippen molar-refractivity contribution in [1.82, 2.24) is 4.90 Å². The van der Waals surface area contributed by atoms with Gasteiger partial charge in [0.25, 0.3) is 0 Å². The van der Waals surface area contributed by atoms with Gasteiger partial charge in [0.2, 0.25) is 0 Å². The first-order chi connectivity index (χ1) is 8.82. The predicted molar refractivity (Wildman–Crippen MR) is 56.8 cm³/mol. The van der Waals surface area contributed by atoms with Gasteiger partial charge in [-0.3, -0.25) is 19.5 Å². The van der Waals surface area contributed by atoms with Crippen LogP contribution in [0.4, 0.5) is 13.2 Å². The number of esters is 2. The molecule has 0 saturated carbocycles. The Morgan fingerprint density at radius 3 is 2.21 bits per heavy atom. The molecule has 0 bridgehead atoms. The average molecular weight is 280 g/mol. The third-order valence-electron chi connectivity index (χ3n) is 2.36. The van der Waals surface area contributed by atoms with E-state index in [0.717, 1.165) is 26.5 Å². The zero-order chi connectivity index (χ0) is 14.6. The second-order valence-corrected chi connectivity index (χ2v) is 3.45. The minimum atomic E-state index is -4.79. The van der Waals surface area contributed by atoms with Gasteiger partial charge in [-0.1, -0.05) is 0 Å². The van der Waals surface area contributed by atoms with E-state index < -0.39 is 30.3 Å². The van der Waals surface area contributed by atoms with Crippen molar-refractivity contribution < 1.29 is 32.2 Å². The Labute approximate surface area is 106 Å². The fraction of sp³-hybridized carbons (Fsp3) is 0.500. The molecule has 0 fully saturated rings. The minimum Gasteiger partial charge on any atom is -0.468 e. The molecule has 1 aliphatic heterocycles. The maximum absolute atomic E-state index is 12.8. The van der Waals surface area contributed by atoms with Crippen LogP contribution in [0.25, 0.3) is 0 Å². The molecule has 9 heteroatoms. The maximum Gasteiger partial charge on any atom is 0.486 e. The molecule has 0 aromatic carbocycles. The molecule has 1 unspecified atom stereocenters. The summed E-state index contributed by atoms with van der Waals surface area (Å²) in [5.74, 6) is -4.13. The van der Waals surface area contributed by atoms with Crippen molar-refractivity contribution in [2.75, 3.05) is 14.2 Å². The van der Waals surface area contributed by atoms with Crippen molar-refractivity contribution in [2.24, 2.45) is 10.9 Å². The van der Waals surface area contributed by atoms with Gasteiger partial charge >= 0.3 is 18.2 Å². The van der Waals surface area contributed by atoms with Crippen LogP contribution in [0, 0.1) is 5.92 Å². The van der Waals surface area contributed by atoms with Gasteiger partial charge in [-0.15, -0.1) is 0 Å². The topological polar surface area (TPSA) is 68.2 Å². The van der Waals surface area contributed by atoms with Crippen molar-refractivity contribution in [3.05, 3.63) is 12.3 Å². The maximum atomic E-state index is 12.8. The average Bonchev–Trinajstić information content (AvgIpc) is 2.37. The summed E-state index contributed by atoms with van der Waals surface area (Å²) >= 11 is 0. The molecule has 0 spiro atoms. The van der Waals surface area contributed by atoms with Crippen LogP contribution in [-0.2, 0) is 19.1 Å². The zero-order valence-corrected chi connectivity index (χ0v) is 10.0. The normalized spacial score (nSPS) is 18.6. The molecule has 0 aromatic heterocycles. The highest BCUT2D eigenvalue weighted by atomic mass is 19.4. The second-order valence-electron chi connectivity index (χ2n) is 3.45. The highest BCUT2D eigenvalue weighted by molar-refractivity contribution is 5.96. The van der Waals surface area contributed by atoms with E-state index in [4.69, 9.17) is 0 Å². The van der Waals surface area contributed by atoms with Gasteiger partial charge < -0.3 is 9.47 Å². The first-order valence-corrected chi connectivity index (χ1v) is 5.03. The molecule has 0 aromatic rings. The Kier molecular flexibility index (Phi) is 4.52. The minimum absolute atomic E-state index is 0.161. The molecule has 6 nitrogen and oxygen atoms in total. The third kappa shape index (κ3) is 3.24. The second kappa shape index (κ2) is 5.72. The van der Waals surface area contributed by atoms with E-state index in [-0.39, 0.29) is 4.90 Å². The van der Waals surface area contributed by atoms with Crippen LogP contribution >= 0.6 is 0 Å². The SMILES string of the molecule is COC(=O)C(C(=O)OC)C1N=CC=CN1C(F)(F)F. The molecule has 0 amide bonds. The van der Waals surface area contributed by atoms with Gasteiger partial charge in [-0.05, 0) is 6.08 Å². The lowest BCUT2D eigenvalue weighted by molar-refractivity contribution is -0.244. The number of allylic oxidation sites excluding steroid dienone is 1. The molecule has 0 saturated heterocycles. The molecule has 19 heavy (non-hydrogen) atoms. The number of methoxy groups -OCH3 is 2. The molecule has 1 rings (SSSR count). The number of carbonyl (C=O) groups is 2. The smallest absolute Gasteiger partial charge is 0.468 e. The molecule has 1 heterocycles. The largest absolute Gasteiger partial charge is 0.486 e. The molecule has 0 aliphatic carbocycles. The number of hydrogen-bond donors (Lipinski definition) is 0. The quantitative estimate of drug-likeness (QED) is 0.432. The Morgan fingerprint density at radius 2 is 1.79 bits per heavy atom. The summed E-state index contributed by atoms with van der Waals surface area (Å²) in [4.78, 5) is 26.3. The number of carbonyl (C=O) groups excluding carboxylic acids is 2. The fourth-order valence-electron chi connectivity index (χ4n) is 1.50.